The molecule has 8 heteroatoms. The van der Waals surface area contributed by atoms with Crippen molar-refractivity contribution in [2.45, 2.75) is 26.3 Å². The number of carbonyl (C=O) groups is 2. The van der Waals surface area contributed by atoms with E-state index in [9.17, 15) is 14.4 Å². The largest absolute Gasteiger partial charge is 0.369 e. The van der Waals surface area contributed by atoms with E-state index in [4.69, 9.17) is 0 Å². The fourth-order valence-electron chi connectivity index (χ4n) is 4.39. The first kappa shape index (κ1) is 21.1. The van der Waals surface area contributed by atoms with Crippen LogP contribution in [0.5, 0.6) is 0 Å². The van der Waals surface area contributed by atoms with Gasteiger partial charge in [0.15, 0.2) is 0 Å². The second-order valence-corrected chi connectivity index (χ2v) is 8.31. The molecule has 0 bridgehead atoms. The van der Waals surface area contributed by atoms with E-state index in [0.29, 0.717) is 39.3 Å². The Morgan fingerprint density at radius 1 is 1.03 bits per heavy atom. The van der Waals surface area contributed by atoms with Gasteiger partial charge in [-0.2, -0.15) is 5.10 Å². The predicted molar refractivity (Wildman–Crippen MR) is 118 cm³/mol. The highest BCUT2D eigenvalue weighted by Crippen LogP contribution is 2.24. The molecule has 2 saturated heterocycles. The van der Waals surface area contributed by atoms with Crippen molar-refractivity contribution in [3.63, 3.8) is 0 Å². The van der Waals surface area contributed by atoms with Crippen LogP contribution < -0.4 is 10.5 Å². The molecular formula is C23H29N5O3. The van der Waals surface area contributed by atoms with Gasteiger partial charge >= 0.3 is 0 Å². The van der Waals surface area contributed by atoms with Gasteiger partial charge in [-0.3, -0.25) is 14.4 Å². The molecule has 2 amide bonds. The van der Waals surface area contributed by atoms with Crippen LogP contribution in [0.1, 0.15) is 25.3 Å². The molecule has 0 N–H and O–H groups in total. The van der Waals surface area contributed by atoms with Crippen molar-refractivity contribution in [3.8, 4) is 0 Å². The summed E-state index contributed by atoms with van der Waals surface area (Å²) in [4.78, 5) is 42.9. The molecule has 2 aliphatic rings. The van der Waals surface area contributed by atoms with Crippen LogP contribution in [0.2, 0.25) is 0 Å². The molecule has 3 heterocycles. The van der Waals surface area contributed by atoms with Gasteiger partial charge in [0.2, 0.25) is 11.8 Å². The fraction of sp³-hybridized carbons (Fsp3) is 0.478. The van der Waals surface area contributed by atoms with Crippen LogP contribution in [0, 0.1) is 5.92 Å². The molecule has 2 aromatic rings. The van der Waals surface area contributed by atoms with E-state index in [1.165, 1.54) is 4.68 Å². The molecule has 1 atom stereocenters. The van der Waals surface area contributed by atoms with Gasteiger partial charge in [-0.25, -0.2) is 4.68 Å². The second-order valence-electron chi connectivity index (χ2n) is 8.31. The zero-order valence-corrected chi connectivity index (χ0v) is 17.9. The highest BCUT2D eigenvalue weighted by atomic mass is 16.2. The summed E-state index contributed by atoms with van der Waals surface area (Å²) in [6.45, 7) is 5.78. The zero-order valence-electron chi connectivity index (χ0n) is 17.9. The standard InChI is InChI=1S/C23H29N5O3/c1-18(29)25-10-12-26(13-11-25)23(31)20-8-5-9-27(17-20)21-14-22(30)28(24-15-21)16-19-6-3-2-4-7-19/h2-4,6-7,14-15,20H,5,8-13,16-17H2,1H3/t20-/m1/s1. The monoisotopic (exact) mass is 423 g/mol. The van der Waals surface area contributed by atoms with E-state index in [2.05, 4.69) is 10.00 Å². The lowest BCUT2D eigenvalue weighted by atomic mass is 9.96. The molecule has 0 radical (unpaired) electrons. The third kappa shape index (κ3) is 4.95. The molecule has 1 aromatic carbocycles. The molecule has 0 aliphatic carbocycles. The average Bonchev–Trinajstić information content (AvgIpc) is 2.81. The molecular weight excluding hydrogens is 394 g/mol. The Labute approximate surface area is 182 Å². The van der Waals surface area contributed by atoms with Crippen LogP contribution in [0.4, 0.5) is 5.69 Å². The van der Waals surface area contributed by atoms with Gasteiger partial charge in [-0.15, -0.1) is 0 Å². The first-order valence-corrected chi connectivity index (χ1v) is 10.9. The highest BCUT2D eigenvalue weighted by molar-refractivity contribution is 5.80. The van der Waals surface area contributed by atoms with E-state index in [0.717, 1.165) is 30.6 Å². The molecule has 1 aromatic heterocycles. The predicted octanol–water partition coefficient (Wildman–Crippen LogP) is 1.20. The lowest BCUT2D eigenvalue weighted by Gasteiger charge is -2.39. The Balaban J connectivity index is 1.39. The van der Waals surface area contributed by atoms with Gasteiger partial charge in [-0.1, -0.05) is 30.3 Å². The van der Waals surface area contributed by atoms with E-state index in [-0.39, 0.29) is 23.3 Å². The molecule has 164 valence electrons. The van der Waals surface area contributed by atoms with Gasteiger partial charge < -0.3 is 14.7 Å². The Morgan fingerprint density at radius 3 is 2.42 bits per heavy atom. The Hall–Kier alpha value is -3.16. The fourth-order valence-corrected chi connectivity index (χ4v) is 4.39. The number of piperazine rings is 1. The van der Waals surface area contributed by atoms with Crippen molar-refractivity contribution in [2.75, 3.05) is 44.2 Å². The van der Waals surface area contributed by atoms with Gasteiger partial charge in [0, 0.05) is 52.3 Å². The molecule has 2 fully saturated rings. The van der Waals surface area contributed by atoms with Crippen molar-refractivity contribution in [1.82, 2.24) is 19.6 Å². The Bertz CT molecular complexity index is 982. The summed E-state index contributed by atoms with van der Waals surface area (Å²) in [7, 11) is 0. The number of carbonyl (C=O) groups excluding carboxylic acids is 2. The maximum Gasteiger partial charge on any atom is 0.269 e. The second kappa shape index (κ2) is 9.32. The lowest BCUT2D eigenvalue weighted by Crippen LogP contribution is -2.53. The zero-order chi connectivity index (χ0) is 21.8. The number of hydrogen-bond donors (Lipinski definition) is 0. The topological polar surface area (TPSA) is 78.8 Å². The molecule has 8 nitrogen and oxygen atoms in total. The number of nitrogens with zero attached hydrogens (tertiary/aromatic N) is 5. The number of piperidine rings is 1. The molecule has 0 unspecified atom stereocenters. The Morgan fingerprint density at radius 2 is 1.74 bits per heavy atom. The summed E-state index contributed by atoms with van der Waals surface area (Å²) in [6.07, 6.45) is 3.47. The number of amides is 2. The maximum absolute atomic E-state index is 13.0. The molecule has 0 spiro atoms. The summed E-state index contributed by atoms with van der Waals surface area (Å²) >= 11 is 0. The van der Waals surface area contributed by atoms with Crippen LogP contribution in [0.25, 0.3) is 0 Å². The van der Waals surface area contributed by atoms with Gasteiger partial charge in [0.25, 0.3) is 5.56 Å². The number of benzene rings is 1. The summed E-state index contributed by atoms with van der Waals surface area (Å²) < 4.78 is 1.46. The minimum absolute atomic E-state index is 0.0606. The van der Waals surface area contributed by atoms with Crippen LogP contribution in [0.3, 0.4) is 0 Å². The Kier molecular flexibility index (Phi) is 6.34. The molecule has 4 rings (SSSR count). The van der Waals surface area contributed by atoms with Crippen molar-refractivity contribution in [1.29, 1.82) is 0 Å². The highest BCUT2D eigenvalue weighted by Gasteiger charge is 2.31. The van der Waals surface area contributed by atoms with Crippen LogP contribution in [-0.2, 0) is 16.1 Å². The minimum Gasteiger partial charge on any atom is -0.369 e. The van der Waals surface area contributed by atoms with Gasteiger partial charge in [0.05, 0.1) is 24.3 Å². The van der Waals surface area contributed by atoms with Crippen molar-refractivity contribution in [3.05, 3.63) is 58.5 Å². The number of anilines is 1. The normalized spacial score (nSPS) is 19.4. The van der Waals surface area contributed by atoms with Crippen LogP contribution >= 0.6 is 0 Å². The third-order valence-electron chi connectivity index (χ3n) is 6.20. The van der Waals surface area contributed by atoms with Gasteiger partial charge in [-0.05, 0) is 18.4 Å². The van der Waals surface area contributed by atoms with Crippen molar-refractivity contribution >= 4 is 17.5 Å². The quantitative estimate of drug-likeness (QED) is 0.738. The van der Waals surface area contributed by atoms with E-state index in [1.807, 2.05) is 35.2 Å². The lowest BCUT2D eigenvalue weighted by molar-refractivity contribution is -0.141. The summed E-state index contributed by atoms with van der Waals surface area (Å²) in [5.41, 5.74) is 1.65. The van der Waals surface area contributed by atoms with E-state index < -0.39 is 0 Å². The van der Waals surface area contributed by atoms with Crippen molar-refractivity contribution < 1.29 is 9.59 Å². The molecule has 31 heavy (non-hydrogen) atoms. The average molecular weight is 424 g/mol. The first-order chi connectivity index (χ1) is 15.0. The molecule has 2 aliphatic heterocycles. The van der Waals surface area contributed by atoms with Gasteiger partial charge in [0.1, 0.15) is 0 Å². The van der Waals surface area contributed by atoms with Crippen molar-refractivity contribution in [2.24, 2.45) is 5.92 Å². The van der Waals surface area contributed by atoms with E-state index >= 15 is 0 Å². The van der Waals surface area contributed by atoms with E-state index in [1.54, 1.807) is 24.1 Å². The number of hydrogen-bond acceptors (Lipinski definition) is 5. The SMILES string of the molecule is CC(=O)N1CCN(C(=O)[C@@H]2CCCN(c3cnn(Cc4ccccc4)c(=O)c3)C2)CC1. The van der Waals surface area contributed by atoms with Crippen LogP contribution in [0.15, 0.2) is 47.4 Å². The number of rotatable bonds is 4. The summed E-state index contributed by atoms with van der Waals surface area (Å²) in [5.74, 6) is 0.119. The number of aromatic nitrogens is 2. The van der Waals surface area contributed by atoms with Crippen LogP contribution in [-0.4, -0.2) is 70.7 Å². The summed E-state index contributed by atoms with van der Waals surface area (Å²) in [5, 5.41) is 4.36. The minimum atomic E-state index is -0.143. The maximum atomic E-state index is 13.0. The molecule has 0 saturated carbocycles. The third-order valence-corrected chi connectivity index (χ3v) is 6.20. The first-order valence-electron chi connectivity index (χ1n) is 10.9. The smallest absolute Gasteiger partial charge is 0.269 e. The summed E-state index contributed by atoms with van der Waals surface area (Å²) in [6, 6.07) is 11.4.